The standard InChI is InChI=1S/C24H35F2NO4/c1-15(2)19-8-6-7-9-21(19)30-22(28)14-18(27-23(29)31-24(3,4)5)13-16-12-17(25)10-11-20(16)26/h10-12,15,18-19,21H,6-9,13-14H2,1-5H3,(H,27,29). The molecule has 3 unspecified atom stereocenters. The second-order valence-electron chi connectivity index (χ2n) is 9.71. The van der Waals surface area contributed by atoms with Crippen molar-refractivity contribution in [1.82, 2.24) is 5.32 Å². The van der Waals surface area contributed by atoms with Gasteiger partial charge in [-0.2, -0.15) is 0 Å². The van der Waals surface area contributed by atoms with Crippen molar-refractivity contribution in [3.05, 3.63) is 35.4 Å². The number of carbonyl (C=O) groups excluding carboxylic acids is 2. The Balaban J connectivity index is 2.10. The van der Waals surface area contributed by atoms with Crippen LogP contribution in [0.4, 0.5) is 13.6 Å². The summed E-state index contributed by atoms with van der Waals surface area (Å²) in [7, 11) is 0. The first kappa shape index (κ1) is 25.1. The predicted molar refractivity (Wildman–Crippen MR) is 115 cm³/mol. The molecule has 0 radical (unpaired) electrons. The van der Waals surface area contributed by atoms with Gasteiger partial charge in [0.25, 0.3) is 0 Å². The van der Waals surface area contributed by atoms with Gasteiger partial charge in [-0.3, -0.25) is 4.79 Å². The van der Waals surface area contributed by atoms with Crippen molar-refractivity contribution in [1.29, 1.82) is 0 Å². The molecule has 1 aromatic rings. The Labute approximate surface area is 183 Å². The van der Waals surface area contributed by atoms with Crippen LogP contribution in [0.1, 0.15) is 72.3 Å². The van der Waals surface area contributed by atoms with Crippen molar-refractivity contribution in [2.75, 3.05) is 0 Å². The summed E-state index contributed by atoms with van der Waals surface area (Å²) in [6, 6.07) is 2.33. The van der Waals surface area contributed by atoms with Gasteiger partial charge < -0.3 is 14.8 Å². The molecule has 5 nitrogen and oxygen atoms in total. The maximum Gasteiger partial charge on any atom is 0.407 e. The predicted octanol–water partition coefficient (Wildman–Crippen LogP) is 5.55. The summed E-state index contributed by atoms with van der Waals surface area (Å²) >= 11 is 0. The molecule has 0 aromatic heterocycles. The average Bonchev–Trinajstić information content (AvgIpc) is 2.63. The normalized spacial score (nSPS) is 20.3. The summed E-state index contributed by atoms with van der Waals surface area (Å²) in [6.45, 7) is 9.40. The van der Waals surface area contributed by atoms with Gasteiger partial charge >= 0.3 is 12.1 Å². The van der Waals surface area contributed by atoms with E-state index in [2.05, 4.69) is 19.2 Å². The van der Waals surface area contributed by atoms with Crippen LogP contribution in [0.3, 0.4) is 0 Å². The van der Waals surface area contributed by atoms with Crippen LogP contribution in [-0.2, 0) is 20.7 Å². The highest BCUT2D eigenvalue weighted by Gasteiger charge is 2.31. The minimum Gasteiger partial charge on any atom is -0.462 e. The van der Waals surface area contributed by atoms with E-state index >= 15 is 0 Å². The van der Waals surface area contributed by atoms with Gasteiger partial charge in [-0.1, -0.05) is 20.3 Å². The number of ether oxygens (including phenoxy) is 2. The molecule has 1 aromatic carbocycles. The molecule has 2 rings (SSSR count). The van der Waals surface area contributed by atoms with Crippen LogP contribution < -0.4 is 5.32 Å². The molecule has 7 heteroatoms. The van der Waals surface area contributed by atoms with E-state index in [1.165, 1.54) is 0 Å². The Morgan fingerprint density at radius 1 is 1.16 bits per heavy atom. The number of halogens is 2. The summed E-state index contributed by atoms with van der Waals surface area (Å²) in [5.74, 6) is -0.948. The molecule has 1 aliphatic carbocycles. The SMILES string of the molecule is CC(C)C1CCCCC1OC(=O)CC(Cc1cc(F)ccc1F)NC(=O)OC(C)(C)C. The van der Waals surface area contributed by atoms with E-state index in [9.17, 15) is 18.4 Å². The Kier molecular flexibility index (Phi) is 8.83. The number of carbonyl (C=O) groups is 2. The molecule has 1 fully saturated rings. The zero-order chi connectivity index (χ0) is 23.2. The summed E-state index contributed by atoms with van der Waals surface area (Å²) in [5.41, 5.74) is -0.655. The van der Waals surface area contributed by atoms with Gasteiger partial charge in [0.15, 0.2) is 0 Å². The van der Waals surface area contributed by atoms with Crippen LogP contribution in [-0.4, -0.2) is 29.8 Å². The summed E-state index contributed by atoms with van der Waals surface area (Å²) in [5, 5.41) is 2.62. The second kappa shape index (κ2) is 10.9. The molecule has 0 spiro atoms. The second-order valence-corrected chi connectivity index (χ2v) is 9.71. The first-order valence-corrected chi connectivity index (χ1v) is 11.1. The van der Waals surface area contributed by atoms with E-state index in [1.54, 1.807) is 20.8 Å². The lowest BCUT2D eigenvalue weighted by Gasteiger charge is -2.34. The van der Waals surface area contributed by atoms with E-state index in [4.69, 9.17) is 9.47 Å². The molecule has 1 aliphatic rings. The van der Waals surface area contributed by atoms with Crippen LogP contribution in [0.15, 0.2) is 18.2 Å². The van der Waals surface area contributed by atoms with Crippen molar-refractivity contribution in [2.45, 2.75) is 90.9 Å². The topological polar surface area (TPSA) is 64.6 Å². The molecule has 0 bridgehead atoms. The molecule has 0 heterocycles. The van der Waals surface area contributed by atoms with Crippen LogP contribution in [0.2, 0.25) is 0 Å². The quantitative estimate of drug-likeness (QED) is 0.566. The fourth-order valence-corrected chi connectivity index (χ4v) is 4.07. The molecule has 1 saturated carbocycles. The third kappa shape index (κ3) is 8.46. The molecule has 0 aliphatic heterocycles. The fraction of sp³-hybridized carbons (Fsp3) is 0.667. The maximum atomic E-state index is 14.2. The minimum atomic E-state index is -0.792. The Morgan fingerprint density at radius 3 is 2.48 bits per heavy atom. The zero-order valence-electron chi connectivity index (χ0n) is 19.2. The van der Waals surface area contributed by atoms with E-state index in [0.29, 0.717) is 11.8 Å². The number of nitrogens with one attached hydrogen (secondary N) is 1. The Hall–Kier alpha value is -2.18. The van der Waals surface area contributed by atoms with Gasteiger partial charge in [-0.05, 0) is 82.1 Å². The van der Waals surface area contributed by atoms with Crippen LogP contribution >= 0.6 is 0 Å². The minimum absolute atomic E-state index is 0.0593. The molecule has 0 saturated heterocycles. The summed E-state index contributed by atoms with van der Waals surface area (Å²) < 4.78 is 38.8. The third-order valence-electron chi connectivity index (χ3n) is 5.50. The monoisotopic (exact) mass is 439 g/mol. The lowest BCUT2D eigenvalue weighted by Crippen LogP contribution is -2.42. The van der Waals surface area contributed by atoms with Crippen LogP contribution in [0.5, 0.6) is 0 Å². The Bertz CT molecular complexity index is 760. The molecule has 3 atom stereocenters. The zero-order valence-corrected chi connectivity index (χ0v) is 19.2. The van der Waals surface area contributed by atoms with E-state index in [-0.39, 0.29) is 24.5 Å². The number of rotatable bonds is 7. The highest BCUT2D eigenvalue weighted by atomic mass is 19.1. The van der Waals surface area contributed by atoms with Crippen molar-refractivity contribution in [3.63, 3.8) is 0 Å². The molecule has 1 amide bonds. The number of hydrogen-bond donors (Lipinski definition) is 1. The van der Waals surface area contributed by atoms with Crippen molar-refractivity contribution in [2.24, 2.45) is 11.8 Å². The average molecular weight is 440 g/mol. The molecular weight excluding hydrogens is 404 g/mol. The summed E-state index contributed by atoms with van der Waals surface area (Å²) in [4.78, 5) is 25.0. The fourth-order valence-electron chi connectivity index (χ4n) is 4.07. The first-order chi connectivity index (χ1) is 14.4. The van der Waals surface area contributed by atoms with Gasteiger partial charge in [0, 0.05) is 6.04 Å². The van der Waals surface area contributed by atoms with Crippen LogP contribution in [0.25, 0.3) is 0 Å². The van der Waals surface area contributed by atoms with E-state index < -0.39 is 35.3 Å². The number of esters is 1. The lowest BCUT2D eigenvalue weighted by molar-refractivity contribution is -0.155. The molecule has 1 N–H and O–H groups in total. The van der Waals surface area contributed by atoms with Gasteiger partial charge in [0.1, 0.15) is 23.3 Å². The van der Waals surface area contributed by atoms with Crippen molar-refractivity contribution < 1.29 is 27.8 Å². The maximum absolute atomic E-state index is 14.2. The van der Waals surface area contributed by atoms with Gasteiger partial charge in [0.2, 0.25) is 0 Å². The molecular formula is C24H35F2NO4. The van der Waals surface area contributed by atoms with Crippen molar-refractivity contribution in [3.8, 4) is 0 Å². The number of benzene rings is 1. The highest BCUT2D eigenvalue weighted by Crippen LogP contribution is 2.32. The van der Waals surface area contributed by atoms with Gasteiger partial charge in [0.05, 0.1) is 6.42 Å². The van der Waals surface area contributed by atoms with Crippen molar-refractivity contribution >= 4 is 12.1 Å². The summed E-state index contributed by atoms with van der Waals surface area (Å²) in [6.07, 6.45) is 2.87. The number of amides is 1. The number of hydrogen-bond acceptors (Lipinski definition) is 4. The van der Waals surface area contributed by atoms with Gasteiger partial charge in [-0.15, -0.1) is 0 Å². The lowest BCUT2D eigenvalue weighted by atomic mass is 9.79. The van der Waals surface area contributed by atoms with Gasteiger partial charge in [-0.25, -0.2) is 13.6 Å². The largest absolute Gasteiger partial charge is 0.462 e. The smallest absolute Gasteiger partial charge is 0.407 e. The number of alkyl carbamates (subject to hydrolysis) is 1. The Morgan fingerprint density at radius 2 is 1.84 bits per heavy atom. The molecule has 174 valence electrons. The third-order valence-corrected chi connectivity index (χ3v) is 5.50. The van der Waals surface area contributed by atoms with E-state index in [1.807, 2.05) is 0 Å². The van der Waals surface area contributed by atoms with Crippen LogP contribution in [0, 0.1) is 23.5 Å². The first-order valence-electron chi connectivity index (χ1n) is 11.1. The molecule has 31 heavy (non-hydrogen) atoms. The van der Waals surface area contributed by atoms with E-state index in [0.717, 1.165) is 43.9 Å². The highest BCUT2D eigenvalue weighted by molar-refractivity contribution is 5.73.